The van der Waals surface area contributed by atoms with Crippen molar-refractivity contribution in [3.63, 3.8) is 0 Å². The van der Waals surface area contributed by atoms with Crippen molar-refractivity contribution in [1.29, 1.82) is 0 Å². The molecule has 1 atom stereocenters. The Bertz CT molecular complexity index is 564. The Kier molecular flexibility index (Phi) is 3.69. The van der Waals surface area contributed by atoms with Gasteiger partial charge in [-0.3, -0.25) is 4.79 Å². The molecule has 1 aliphatic heterocycles. The zero-order valence-electron chi connectivity index (χ0n) is 11.3. The fourth-order valence-corrected chi connectivity index (χ4v) is 2.22. The number of esters is 1. The second kappa shape index (κ2) is 5.28. The highest BCUT2D eigenvalue weighted by molar-refractivity contribution is 5.86. The molecule has 1 N–H and O–H groups in total. The summed E-state index contributed by atoms with van der Waals surface area (Å²) < 4.78 is 20.5. The smallest absolute Gasteiger partial charge is 0.349 e. The van der Waals surface area contributed by atoms with Crippen LogP contribution in [0.4, 0.5) is 0 Å². The van der Waals surface area contributed by atoms with Gasteiger partial charge in [0.05, 0.1) is 33.3 Å². The Morgan fingerprint density at radius 1 is 1.25 bits per heavy atom. The molecule has 1 heterocycles. The molecule has 1 aromatic rings. The van der Waals surface area contributed by atoms with Crippen LogP contribution in [0.1, 0.15) is 17.2 Å². The zero-order valence-corrected chi connectivity index (χ0v) is 11.3. The van der Waals surface area contributed by atoms with Gasteiger partial charge in [0.25, 0.3) is 0 Å². The molecule has 7 heteroatoms. The summed E-state index contributed by atoms with van der Waals surface area (Å²) in [6.45, 7) is 0. The first kappa shape index (κ1) is 14.0. The first-order valence-corrected chi connectivity index (χ1v) is 5.77. The molecule has 7 nitrogen and oxygen atoms in total. The fraction of sp³-hybridized carbons (Fsp3) is 0.385. The molecular formula is C13H14O7. The molecule has 108 valence electrons. The molecule has 0 bridgehead atoms. The molecule has 0 radical (unpaired) electrons. The van der Waals surface area contributed by atoms with E-state index in [-0.39, 0.29) is 23.5 Å². The number of carbonyl (C=O) groups is 2. The number of rotatable bonds is 4. The molecule has 1 unspecified atom stereocenters. The van der Waals surface area contributed by atoms with E-state index >= 15 is 0 Å². The van der Waals surface area contributed by atoms with Crippen LogP contribution in [0.2, 0.25) is 0 Å². The maximum Gasteiger partial charge on any atom is 0.349 e. The van der Waals surface area contributed by atoms with Gasteiger partial charge >= 0.3 is 11.9 Å². The minimum Gasteiger partial charge on any atom is -0.493 e. The number of fused-ring (bicyclic) bond motifs is 1. The number of ether oxygens (including phenoxy) is 4. The molecule has 0 amide bonds. The van der Waals surface area contributed by atoms with E-state index in [2.05, 4.69) is 0 Å². The quantitative estimate of drug-likeness (QED) is 0.821. The Hall–Kier alpha value is -2.44. The molecule has 0 saturated heterocycles. The third-order valence-corrected chi connectivity index (χ3v) is 3.02. The van der Waals surface area contributed by atoms with E-state index in [1.807, 2.05) is 0 Å². The molecule has 0 aliphatic carbocycles. The van der Waals surface area contributed by atoms with E-state index in [0.29, 0.717) is 11.3 Å². The van der Waals surface area contributed by atoms with Crippen LogP contribution in [-0.4, -0.2) is 38.4 Å². The lowest BCUT2D eigenvalue weighted by Gasteiger charge is -2.26. The average Bonchev–Trinajstić information content (AvgIpc) is 2.43. The van der Waals surface area contributed by atoms with Crippen LogP contribution in [0.25, 0.3) is 0 Å². The monoisotopic (exact) mass is 282 g/mol. The molecule has 2 rings (SSSR count). The maximum atomic E-state index is 11.5. The van der Waals surface area contributed by atoms with Crippen LogP contribution in [0, 0.1) is 0 Å². The van der Waals surface area contributed by atoms with Crippen molar-refractivity contribution in [2.75, 3.05) is 21.3 Å². The Labute approximate surface area is 115 Å². The largest absolute Gasteiger partial charge is 0.493 e. The summed E-state index contributed by atoms with van der Waals surface area (Å²) in [4.78, 5) is 22.8. The standard InChI is InChI=1S/C13H14O7/c1-17-7-4-6-5-8(14)20-12(13(15)16)9(6)11(19-3)10(7)18-2/h4,12H,5H2,1-3H3,(H,15,16). The lowest BCUT2D eigenvalue weighted by Crippen LogP contribution is -2.27. The van der Waals surface area contributed by atoms with Gasteiger partial charge in [0.2, 0.25) is 11.9 Å². The molecule has 0 spiro atoms. The number of carboxylic acids is 1. The highest BCUT2D eigenvalue weighted by Gasteiger charge is 2.37. The van der Waals surface area contributed by atoms with Crippen molar-refractivity contribution < 1.29 is 33.6 Å². The van der Waals surface area contributed by atoms with Gasteiger partial charge in [-0.15, -0.1) is 0 Å². The van der Waals surface area contributed by atoms with Crippen LogP contribution < -0.4 is 14.2 Å². The van der Waals surface area contributed by atoms with Crippen molar-refractivity contribution in [2.45, 2.75) is 12.5 Å². The molecule has 1 aromatic carbocycles. The van der Waals surface area contributed by atoms with E-state index in [4.69, 9.17) is 18.9 Å². The Morgan fingerprint density at radius 2 is 1.90 bits per heavy atom. The van der Waals surface area contributed by atoms with Crippen molar-refractivity contribution >= 4 is 11.9 Å². The number of hydrogen-bond donors (Lipinski definition) is 1. The van der Waals surface area contributed by atoms with Gasteiger partial charge < -0.3 is 24.1 Å². The lowest BCUT2D eigenvalue weighted by molar-refractivity contribution is -0.165. The van der Waals surface area contributed by atoms with Crippen molar-refractivity contribution in [3.8, 4) is 17.2 Å². The summed E-state index contributed by atoms with van der Waals surface area (Å²) in [5, 5.41) is 9.21. The SMILES string of the molecule is COc1cc2c(c(OC)c1OC)C(C(=O)O)OC(=O)C2. The Morgan fingerprint density at radius 3 is 2.40 bits per heavy atom. The normalized spacial score (nSPS) is 16.9. The first-order chi connectivity index (χ1) is 9.53. The lowest BCUT2D eigenvalue weighted by atomic mass is 9.95. The summed E-state index contributed by atoms with van der Waals surface area (Å²) in [5.41, 5.74) is 0.764. The Balaban J connectivity index is 2.73. The number of hydrogen-bond acceptors (Lipinski definition) is 6. The minimum absolute atomic E-state index is 0.0458. The number of carbonyl (C=O) groups excluding carboxylic acids is 1. The predicted octanol–water partition coefficient (Wildman–Crippen LogP) is 0.937. The molecular weight excluding hydrogens is 268 g/mol. The van der Waals surface area contributed by atoms with Gasteiger partial charge in [0, 0.05) is 0 Å². The highest BCUT2D eigenvalue weighted by Crippen LogP contribution is 2.47. The van der Waals surface area contributed by atoms with Crippen LogP contribution in [0.5, 0.6) is 17.2 Å². The number of benzene rings is 1. The molecule has 0 fully saturated rings. The predicted molar refractivity (Wildman–Crippen MR) is 66.3 cm³/mol. The van der Waals surface area contributed by atoms with Gasteiger partial charge in [-0.1, -0.05) is 0 Å². The summed E-state index contributed by atoms with van der Waals surface area (Å²) in [5.74, 6) is -1.06. The van der Waals surface area contributed by atoms with Crippen molar-refractivity contribution in [2.24, 2.45) is 0 Å². The topological polar surface area (TPSA) is 91.3 Å². The van der Waals surface area contributed by atoms with Crippen LogP contribution in [0.3, 0.4) is 0 Å². The van der Waals surface area contributed by atoms with E-state index in [9.17, 15) is 14.7 Å². The van der Waals surface area contributed by atoms with E-state index in [1.165, 1.54) is 21.3 Å². The van der Waals surface area contributed by atoms with E-state index in [0.717, 1.165) is 0 Å². The van der Waals surface area contributed by atoms with Crippen LogP contribution >= 0.6 is 0 Å². The van der Waals surface area contributed by atoms with E-state index < -0.39 is 18.0 Å². The molecule has 0 saturated carbocycles. The summed E-state index contributed by atoms with van der Waals surface area (Å²) in [6.07, 6.45) is -1.46. The summed E-state index contributed by atoms with van der Waals surface area (Å²) in [6, 6.07) is 1.56. The zero-order chi connectivity index (χ0) is 14.9. The molecule has 0 aromatic heterocycles. The minimum atomic E-state index is -1.42. The summed E-state index contributed by atoms with van der Waals surface area (Å²) >= 11 is 0. The third kappa shape index (κ3) is 2.11. The average molecular weight is 282 g/mol. The maximum absolute atomic E-state index is 11.5. The number of aliphatic carboxylic acids is 1. The van der Waals surface area contributed by atoms with Gasteiger partial charge in [-0.05, 0) is 11.6 Å². The molecule has 1 aliphatic rings. The second-order valence-electron chi connectivity index (χ2n) is 4.10. The van der Waals surface area contributed by atoms with Crippen LogP contribution in [-0.2, 0) is 20.7 Å². The first-order valence-electron chi connectivity index (χ1n) is 5.77. The highest BCUT2D eigenvalue weighted by atomic mass is 16.6. The van der Waals surface area contributed by atoms with Gasteiger partial charge in [0.1, 0.15) is 0 Å². The number of carboxylic acid groups (broad SMARTS) is 1. The van der Waals surface area contributed by atoms with Crippen LogP contribution in [0.15, 0.2) is 6.07 Å². The van der Waals surface area contributed by atoms with E-state index in [1.54, 1.807) is 6.07 Å². The van der Waals surface area contributed by atoms with Crippen molar-refractivity contribution in [3.05, 3.63) is 17.2 Å². The number of cyclic esters (lactones) is 1. The fourth-order valence-electron chi connectivity index (χ4n) is 2.22. The second-order valence-corrected chi connectivity index (χ2v) is 4.10. The van der Waals surface area contributed by atoms with Crippen molar-refractivity contribution in [1.82, 2.24) is 0 Å². The van der Waals surface area contributed by atoms with Gasteiger partial charge in [0.15, 0.2) is 11.5 Å². The van der Waals surface area contributed by atoms with Gasteiger partial charge in [-0.2, -0.15) is 0 Å². The molecule has 20 heavy (non-hydrogen) atoms. The van der Waals surface area contributed by atoms with Gasteiger partial charge in [-0.25, -0.2) is 4.79 Å². The third-order valence-electron chi connectivity index (χ3n) is 3.02. The summed E-state index contributed by atoms with van der Waals surface area (Å²) in [7, 11) is 4.24. The number of methoxy groups -OCH3 is 3.